The average Bonchev–Trinajstić information content (AvgIpc) is 2.47. The summed E-state index contributed by atoms with van der Waals surface area (Å²) in [7, 11) is 0. The van der Waals surface area contributed by atoms with Gasteiger partial charge in [-0.15, -0.1) is 0 Å². The van der Waals surface area contributed by atoms with Crippen LogP contribution in [-0.2, 0) is 6.42 Å². The summed E-state index contributed by atoms with van der Waals surface area (Å²) in [5.41, 5.74) is 4.23. The van der Waals surface area contributed by atoms with E-state index in [2.05, 4.69) is 83.6 Å². The van der Waals surface area contributed by atoms with Gasteiger partial charge in [0.15, 0.2) is 0 Å². The van der Waals surface area contributed by atoms with Gasteiger partial charge >= 0.3 is 0 Å². The van der Waals surface area contributed by atoms with Gasteiger partial charge in [-0.3, -0.25) is 0 Å². The van der Waals surface area contributed by atoms with Gasteiger partial charge in [-0.1, -0.05) is 59.3 Å². The summed E-state index contributed by atoms with van der Waals surface area (Å²) in [4.78, 5) is 0. The normalized spacial score (nSPS) is 12.3. The van der Waals surface area contributed by atoms with E-state index in [0.29, 0.717) is 5.92 Å². The minimum absolute atomic E-state index is 0.520. The molecule has 1 atom stereocenters. The lowest BCUT2D eigenvalue weighted by atomic mass is 9.89. The highest BCUT2D eigenvalue weighted by Gasteiger charge is 2.14. The molecule has 112 valence electrons. The Balaban J connectivity index is 2.17. The van der Waals surface area contributed by atoms with Crippen LogP contribution in [0.5, 0.6) is 0 Å². The first-order valence-corrected chi connectivity index (χ1v) is 8.50. The number of aryl methyl sites for hydroxylation is 1. The number of hydrogen-bond donors (Lipinski definition) is 1. The largest absolute Gasteiger partial charge is 0.316 e. The van der Waals surface area contributed by atoms with Crippen LogP contribution in [0, 0.1) is 6.92 Å². The van der Waals surface area contributed by atoms with Crippen LogP contribution in [0.4, 0.5) is 0 Å². The average molecular weight is 346 g/mol. The van der Waals surface area contributed by atoms with Crippen molar-refractivity contribution in [3.05, 3.63) is 69.7 Å². The Morgan fingerprint density at radius 1 is 1.10 bits per heavy atom. The molecule has 2 rings (SSSR count). The first-order chi connectivity index (χ1) is 10.2. The Hall–Kier alpha value is -1.12. The zero-order valence-electron chi connectivity index (χ0n) is 12.9. The number of halogens is 1. The smallest absolute Gasteiger partial charge is 0.0177 e. The fourth-order valence-electron chi connectivity index (χ4n) is 2.74. The molecule has 0 fully saturated rings. The van der Waals surface area contributed by atoms with E-state index in [9.17, 15) is 0 Å². The highest BCUT2D eigenvalue weighted by Crippen LogP contribution is 2.24. The Bertz CT molecular complexity index is 565. The van der Waals surface area contributed by atoms with Gasteiger partial charge in [0.05, 0.1) is 0 Å². The fraction of sp³-hybridized carbons (Fsp3) is 0.368. The van der Waals surface area contributed by atoms with Crippen LogP contribution in [-0.4, -0.2) is 13.1 Å². The van der Waals surface area contributed by atoms with Crippen LogP contribution in [0.25, 0.3) is 0 Å². The molecule has 0 bridgehead atoms. The van der Waals surface area contributed by atoms with E-state index in [4.69, 9.17) is 0 Å². The van der Waals surface area contributed by atoms with Crippen molar-refractivity contribution in [2.24, 2.45) is 0 Å². The van der Waals surface area contributed by atoms with E-state index >= 15 is 0 Å². The maximum Gasteiger partial charge on any atom is 0.0177 e. The molecule has 0 amide bonds. The predicted octanol–water partition coefficient (Wildman–Crippen LogP) is 5.08. The molecule has 0 aromatic heterocycles. The molecular formula is C19H24BrN. The van der Waals surface area contributed by atoms with Gasteiger partial charge in [0.25, 0.3) is 0 Å². The molecule has 2 aromatic carbocycles. The second kappa shape index (κ2) is 8.35. The van der Waals surface area contributed by atoms with Crippen LogP contribution in [0.15, 0.2) is 53.0 Å². The van der Waals surface area contributed by atoms with E-state index in [1.165, 1.54) is 23.1 Å². The SMILES string of the molecule is CCCNCC(Cc1cccc(Br)c1)c1ccccc1C. The maximum absolute atomic E-state index is 3.58. The molecule has 1 unspecified atom stereocenters. The van der Waals surface area contributed by atoms with Crippen molar-refractivity contribution in [2.45, 2.75) is 32.6 Å². The molecule has 0 radical (unpaired) electrons. The molecule has 0 aliphatic heterocycles. The lowest BCUT2D eigenvalue weighted by molar-refractivity contribution is 0.574. The monoisotopic (exact) mass is 345 g/mol. The molecular weight excluding hydrogens is 322 g/mol. The Morgan fingerprint density at radius 3 is 2.62 bits per heavy atom. The summed E-state index contributed by atoms with van der Waals surface area (Å²) in [5.74, 6) is 0.520. The molecule has 0 saturated carbocycles. The van der Waals surface area contributed by atoms with Gasteiger partial charge in [0.2, 0.25) is 0 Å². The van der Waals surface area contributed by atoms with Crippen molar-refractivity contribution in [2.75, 3.05) is 13.1 Å². The minimum atomic E-state index is 0.520. The summed E-state index contributed by atoms with van der Waals surface area (Å²) < 4.78 is 1.16. The first kappa shape index (κ1) is 16.3. The Kier molecular flexibility index (Phi) is 6.47. The van der Waals surface area contributed by atoms with Crippen LogP contribution < -0.4 is 5.32 Å². The predicted molar refractivity (Wildman–Crippen MR) is 94.9 cm³/mol. The van der Waals surface area contributed by atoms with Crippen molar-refractivity contribution in [1.82, 2.24) is 5.32 Å². The molecule has 21 heavy (non-hydrogen) atoms. The number of rotatable bonds is 7. The molecule has 1 nitrogen and oxygen atoms in total. The van der Waals surface area contributed by atoms with Gasteiger partial charge in [-0.2, -0.15) is 0 Å². The molecule has 0 heterocycles. The highest BCUT2D eigenvalue weighted by atomic mass is 79.9. The quantitative estimate of drug-likeness (QED) is 0.689. The molecule has 0 aliphatic carbocycles. The number of hydrogen-bond acceptors (Lipinski definition) is 1. The maximum atomic E-state index is 3.58. The Morgan fingerprint density at radius 2 is 1.90 bits per heavy atom. The third kappa shape index (κ3) is 4.98. The second-order valence-electron chi connectivity index (χ2n) is 5.59. The van der Waals surface area contributed by atoms with Crippen molar-refractivity contribution in [1.29, 1.82) is 0 Å². The lowest BCUT2D eigenvalue weighted by Gasteiger charge is -2.20. The van der Waals surface area contributed by atoms with Crippen LogP contribution in [0.2, 0.25) is 0 Å². The summed E-state index contributed by atoms with van der Waals surface area (Å²) in [6.07, 6.45) is 2.25. The van der Waals surface area contributed by atoms with Crippen molar-refractivity contribution in [3.8, 4) is 0 Å². The molecule has 0 spiro atoms. The van der Waals surface area contributed by atoms with Gasteiger partial charge in [0, 0.05) is 16.9 Å². The first-order valence-electron chi connectivity index (χ1n) is 7.71. The summed E-state index contributed by atoms with van der Waals surface area (Å²) in [6.45, 7) is 6.54. The van der Waals surface area contributed by atoms with Crippen molar-refractivity contribution >= 4 is 15.9 Å². The zero-order valence-corrected chi connectivity index (χ0v) is 14.5. The topological polar surface area (TPSA) is 12.0 Å². The van der Waals surface area contributed by atoms with E-state index in [1.54, 1.807) is 0 Å². The molecule has 2 heteroatoms. The molecule has 1 N–H and O–H groups in total. The summed E-state index contributed by atoms with van der Waals surface area (Å²) in [6, 6.07) is 17.4. The van der Waals surface area contributed by atoms with Gasteiger partial charge in [-0.05, 0) is 55.1 Å². The standard InChI is InChI=1S/C19H24BrN/c1-3-11-21-14-17(19-10-5-4-7-15(19)2)12-16-8-6-9-18(20)13-16/h4-10,13,17,21H,3,11-12,14H2,1-2H3. The van der Waals surface area contributed by atoms with Gasteiger partial charge in [0.1, 0.15) is 0 Å². The van der Waals surface area contributed by atoms with E-state index in [0.717, 1.165) is 24.0 Å². The number of benzene rings is 2. The van der Waals surface area contributed by atoms with Crippen molar-refractivity contribution in [3.63, 3.8) is 0 Å². The highest BCUT2D eigenvalue weighted by molar-refractivity contribution is 9.10. The zero-order chi connectivity index (χ0) is 15.1. The minimum Gasteiger partial charge on any atom is -0.316 e. The third-order valence-corrected chi connectivity index (χ3v) is 4.31. The molecule has 0 saturated heterocycles. The molecule has 0 aliphatic rings. The van der Waals surface area contributed by atoms with E-state index < -0.39 is 0 Å². The van der Waals surface area contributed by atoms with Crippen LogP contribution in [0.1, 0.15) is 36.0 Å². The third-order valence-electron chi connectivity index (χ3n) is 3.82. The Labute approximate surface area is 136 Å². The van der Waals surface area contributed by atoms with Crippen LogP contribution >= 0.6 is 15.9 Å². The van der Waals surface area contributed by atoms with Gasteiger partial charge < -0.3 is 5.32 Å². The van der Waals surface area contributed by atoms with Crippen LogP contribution in [0.3, 0.4) is 0 Å². The lowest BCUT2D eigenvalue weighted by Crippen LogP contribution is -2.24. The van der Waals surface area contributed by atoms with Gasteiger partial charge in [-0.25, -0.2) is 0 Å². The number of nitrogens with one attached hydrogen (secondary N) is 1. The second-order valence-corrected chi connectivity index (χ2v) is 6.51. The summed E-state index contributed by atoms with van der Waals surface area (Å²) >= 11 is 3.57. The van der Waals surface area contributed by atoms with E-state index in [1.807, 2.05) is 0 Å². The van der Waals surface area contributed by atoms with Crippen molar-refractivity contribution < 1.29 is 0 Å². The van der Waals surface area contributed by atoms with E-state index in [-0.39, 0.29) is 0 Å². The summed E-state index contributed by atoms with van der Waals surface area (Å²) in [5, 5.41) is 3.58. The fourth-order valence-corrected chi connectivity index (χ4v) is 3.19. The molecule has 2 aromatic rings.